The lowest BCUT2D eigenvalue weighted by Gasteiger charge is -2.00. The predicted octanol–water partition coefficient (Wildman–Crippen LogP) is 4.79. The average Bonchev–Trinajstić information content (AvgIpc) is 3.22. The van der Waals surface area contributed by atoms with Crippen molar-refractivity contribution in [1.29, 1.82) is 0 Å². The summed E-state index contributed by atoms with van der Waals surface area (Å²) in [5, 5.41) is 12.3. The molecule has 0 bridgehead atoms. The van der Waals surface area contributed by atoms with Crippen LogP contribution in [0.2, 0.25) is 5.02 Å². The summed E-state index contributed by atoms with van der Waals surface area (Å²) in [6.45, 7) is 0. The van der Waals surface area contributed by atoms with Crippen molar-refractivity contribution in [2.75, 3.05) is 5.32 Å². The highest BCUT2D eigenvalue weighted by molar-refractivity contribution is 6.41. The number of aromatic carboxylic acids is 1. The summed E-state index contributed by atoms with van der Waals surface area (Å²) in [5.74, 6) is -0.251. The van der Waals surface area contributed by atoms with Crippen molar-refractivity contribution >= 4 is 40.8 Å². The summed E-state index contributed by atoms with van der Waals surface area (Å²) in [6, 6.07) is 15.2. The number of carboxylic acid groups (broad SMARTS) is 1. The van der Waals surface area contributed by atoms with E-state index >= 15 is 0 Å². The van der Waals surface area contributed by atoms with Gasteiger partial charge in [0.25, 0.3) is 5.91 Å². The first-order valence-corrected chi connectivity index (χ1v) is 8.16. The van der Waals surface area contributed by atoms with Crippen LogP contribution in [-0.2, 0) is 4.79 Å². The molecule has 2 heterocycles. The second-order valence-corrected chi connectivity index (χ2v) is 6.17. The van der Waals surface area contributed by atoms with Crippen LogP contribution in [0, 0.1) is 0 Å². The monoisotopic (exact) mass is 365 g/mol. The Labute approximate surface area is 153 Å². The van der Waals surface area contributed by atoms with E-state index in [0.717, 1.165) is 0 Å². The minimum absolute atomic E-state index is 0.178. The van der Waals surface area contributed by atoms with Gasteiger partial charge in [0.15, 0.2) is 0 Å². The molecule has 1 amide bonds. The Morgan fingerprint density at radius 1 is 1.12 bits per heavy atom. The first-order chi connectivity index (χ1) is 12.5. The van der Waals surface area contributed by atoms with Crippen molar-refractivity contribution in [1.82, 2.24) is 0 Å². The van der Waals surface area contributed by atoms with E-state index in [0.29, 0.717) is 38.9 Å². The number of carbonyl (C=O) groups is 2. The smallest absolute Gasteiger partial charge is 0.335 e. The number of para-hydroxylation sites is 1. The van der Waals surface area contributed by atoms with Gasteiger partial charge in [0.2, 0.25) is 0 Å². The molecule has 1 aliphatic rings. The molecule has 0 saturated carbocycles. The van der Waals surface area contributed by atoms with Crippen molar-refractivity contribution in [3.63, 3.8) is 0 Å². The molecule has 6 heteroatoms. The lowest BCUT2D eigenvalue weighted by molar-refractivity contribution is -0.110. The van der Waals surface area contributed by atoms with Crippen LogP contribution in [0.1, 0.15) is 21.7 Å². The minimum atomic E-state index is -1.00. The molecule has 0 radical (unpaired) electrons. The number of carbonyl (C=O) groups excluding carboxylic acids is 1. The molecule has 0 saturated heterocycles. The topological polar surface area (TPSA) is 79.5 Å². The number of furan rings is 1. The molecule has 128 valence electrons. The van der Waals surface area contributed by atoms with Crippen LogP contribution in [-0.4, -0.2) is 17.0 Å². The van der Waals surface area contributed by atoms with Crippen molar-refractivity contribution < 1.29 is 19.1 Å². The Hall–Kier alpha value is -3.31. The summed E-state index contributed by atoms with van der Waals surface area (Å²) < 4.78 is 5.78. The molecule has 1 aromatic heterocycles. The molecule has 0 aliphatic carbocycles. The lowest BCUT2D eigenvalue weighted by Crippen LogP contribution is -2.03. The molecular weight excluding hydrogens is 354 g/mol. The van der Waals surface area contributed by atoms with E-state index in [1.807, 2.05) is 6.07 Å². The maximum Gasteiger partial charge on any atom is 0.335 e. The molecule has 4 rings (SSSR count). The zero-order valence-corrected chi connectivity index (χ0v) is 14.1. The number of anilines is 1. The first-order valence-electron chi connectivity index (χ1n) is 7.78. The van der Waals surface area contributed by atoms with E-state index in [-0.39, 0.29) is 11.5 Å². The van der Waals surface area contributed by atoms with Crippen LogP contribution >= 0.6 is 11.6 Å². The van der Waals surface area contributed by atoms with Gasteiger partial charge in [-0.2, -0.15) is 0 Å². The molecule has 0 spiro atoms. The van der Waals surface area contributed by atoms with E-state index in [4.69, 9.17) is 21.1 Å². The lowest BCUT2D eigenvalue weighted by atomic mass is 10.1. The van der Waals surface area contributed by atoms with Crippen LogP contribution in [0.15, 0.2) is 59.0 Å². The Kier molecular flexibility index (Phi) is 3.86. The van der Waals surface area contributed by atoms with Crippen LogP contribution in [0.3, 0.4) is 0 Å². The van der Waals surface area contributed by atoms with Gasteiger partial charge in [-0.1, -0.05) is 35.9 Å². The summed E-state index contributed by atoms with van der Waals surface area (Å²) >= 11 is 6.11. The van der Waals surface area contributed by atoms with Gasteiger partial charge >= 0.3 is 5.97 Å². The van der Waals surface area contributed by atoms with Gasteiger partial charge < -0.3 is 14.8 Å². The van der Waals surface area contributed by atoms with E-state index < -0.39 is 5.97 Å². The number of rotatable bonds is 3. The Morgan fingerprint density at radius 3 is 2.73 bits per heavy atom. The van der Waals surface area contributed by atoms with E-state index in [1.54, 1.807) is 42.5 Å². The van der Waals surface area contributed by atoms with Crippen LogP contribution in [0.25, 0.3) is 23.0 Å². The van der Waals surface area contributed by atoms with Gasteiger partial charge in [-0.3, -0.25) is 4.79 Å². The van der Waals surface area contributed by atoms with Gasteiger partial charge in [0, 0.05) is 11.1 Å². The van der Waals surface area contributed by atoms with E-state index in [9.17, 15) is 9.59 Å². The number of carboxylic acids is 1. The molecule has 1 aliphatic heterocycles. The maximum atomic E-state index is 12.2. The number of hydrogen-bond donors (Lipinski definition) is 2. The Balaban J connectivity index is 1.71. The van der Waals surface area contributed by atoms with Gasteiger partial charge in [0.1, 0.15) is 11.5 Å². The SMILES string of the molecule is O=C1Nc2c(Cl)cccc2C1=Cc1ccc(-c2cccc(C(=O)O)c2)o1. The number of hydrogen-bond acceptors (Lipinski definition) is 3. The standard InChI is InChI=1S/C20H12ClNO4/c21-16-6-2-5-14-15(19(23)22-18(14)16)10-13-7-8-17(26-13)11-3-1-4-12(9-11)20(24)25/h1-10H,(H,22,23)(H,24,25). The van der Waals surface area contributed by atoms with Gasteiger partial charge in [-0.15, -0.1) is 0 Å². The van der Waals surface area contributed by atoms with Gasteiger partial charge in [-0.05, 0) is 36.4 Å². The van der Waals surface area contributed by atoms with E-state index in [2.05, 4.69) is 5.32 Å². The fourth-order valence-corrected chi connectivity index (χ4v) is 3.08. The Bertz CT molecular complexity index is 1080. The van der Waals surface area contributed by atoms with Gasteiger partial charge in [-0.25, -0.2) is 4.79 Å². The molecular formula is C20H12ClNO4. The van der Waals surface area contributed by atoms with E-state index in [1.165, 1.54) is 12.1 Å². The number of halogens is 1. The fourth-order valence-electron chi connectivity index (χ4n) is 2.86. The zero-order valence-electron chi connectivity index (χ0n) is 13.3. The third-order valence-corrected chi connectivity index (χ3v) is 4.41. The van der Waals surface area contributed by atoms with Crippen molar-refractivity contribution in [3.8, 4) is 11.3 Å². The van der Waals surface area contributed by atoms with Crippen LogP contribution in [0.5, 0.6) is 0 Å². The first kappa shape index (κ1) is 16.2. The summed E-state index contributed by atoms with van der Waals surface area (Å²) in [7, 11) is 0. The third-order valence-electron chi connectivity index (χ3n) is 4.09. The summed E-state index contributed by atoms with van der Waals surface area (Å²) in [4.78, 5) is 23.3. The van der Waals surface area contributed by atoms with Crippen molar-refractivity contribution in [2.24, 2.45) is 0 Å². The third kappa shape index (κ3) is 2.78. The second-order valence-electron chi connectivity index (χ2n) is 5.76. The minimum Gasteiger partial charge on any atom is -0.478 e. The fraction of sp³-hybridized carbons (Fsp3) is 0. The predicted molar refractivity (Wildman–Crippen MR) is 99.1 cm³/mol. The molecule has 0 unspecified atom stereocenters. The van der Waals surface area contributed by atoms with Crippen molar-refractivity contribution in [3.05, 3.63) is 76.5 Å². The van der Waals surface area contributed by atoms with Gasteiger partial charge in [0.05, 0.1) is 21.8 Å². The molecule has 26 heavy (non-hydrogen) atoms. The molecule has 5 nitrogen and oxygen atoms in total. The summed E-state index contributed by atoms with van der Waals surface area (Å²) in [6.07, 6.45) is 1.64. The highest BCUT2D eigenvalue weighted by Gasteiger charge is 2.26. The normalized spacial score (nSPS) is 14.3. The molecule has 0 atom stereocenters. The number of fused-ring (bicyclic) bond motifs is 1. The number of amides is 1. The molecule has 2 N–H and O–H groups in total. The second kappa shape index (κ2) is 6.20. The van der Waals surface area contributed by atoms with Crippen LogP contribution in [0.4, 0.5) is 5.69 Å². The molecule has 2 aromatic carbocycles. The highest BCUT2D eigenvalue weighted by atomic mass is 35.5. The molecule has 3 aromatic rings. The number of nitrogens with one attached hydrogen (secondary N) is 1. The number of benzene rings is 2. The quantitative estimate of drug-likeness (QED) is 0.654. The zero-order chi connectivity index (χ0) is 18.3. The largest absolute Gasteiger partial charge is 0.478 e. The van der Waals surface area contributed by atoms with Crippen LogP contribution < -0.4 is 5.32 Å². The average molecular weight is 366 g/mol. The molecule has 0 fully saturated rings. The van der Waals surface area contributed by atoms with Crippen molar-refractivity contribution in [2.45, 2.75) is 0 Å². The Morgan fingerprint density at radius 2 is 1.92 bits per heavy atom. The highest BCUT2D eigenvalue weighted by Crippen LogP contribution is 2.38. The summed E-state index contributed by atoms with van der Waals surface area (Å²) in [5.41, 5.74) is 2.59. The maximum absolute atomic E-state index is 12.2.